The zero-order valence-electron chi connectivity index (χ0n) is 12.6. The molecule has 2 aromatic rings. The van der Waals surface area contributed by atoms with Crippen LogP contribution in [0.2, 0.25) is 0 Å². The summed E-state index contributed by atoms with van der Waals surface area (Å²) in [6.45, 7) is 0. The van der Waals surface area contributed by atoms with Crippen LogP contribution < -0.4 is 23.7 Å². The van der Waals surface area contributed by atoms with E-state index in [1.165, 1.54) is 0 Å². The van der Waals surface area contributed by atoms with Gasteiger partial charge in [0.1, 0.15) is 17.2 Å². The van der Waals surface area contributed by atoms with Crippen molar-refractivity contribution >= 4 is 26.7 Å². The van der Waals surface area contributed by atoms with E-state index in [0.717, 1.165) is 15.2 Å². The summed E-state index contributed by atoms with van der Waals surface area (Å²) in [5.74, 6) is 3.01. The highest BCUT2D eigenvalue weighted by Crippen LogP contribution is 2.51. The van der Waals surface area contributed by atoms with Crippen molar-refractivity contribution in [1.29, 1.82) is 0 Å². The van der Waals surface area contributed by atoms with Gasteiger partial charge >= 0.3 is 0 Å². The normalized spacial score (nSPS) is 10.4. The van der Waals surface area contributed by atoms with E-state index in [9.17, 15) is 0 Å². The molecule has 0 atom stereocenters. The van der Waals surface area contributed by atoms with Gasteiger partial charge in [-0.3, -0.25) is 0 Å². The third kappa shape index (κ3) is 2.44. The van der Waals surface area contributed by atoms with Crippen molar-refractivity contribution in [2.24, 2.45) is 0 Å². The number of fused-ring (bicyclic) bond motifs is 1. The van der Waals surface area contributed by atoms with Crippen LogP contribution in [0.15, 0.2) is 16.6 Å². The van der Waals surface area contributed by atoms with E-state index in [-0.39, 0.29) is 0 Å². The Morgan fingerprint density at radius 3 is 1.62 bits per heavy atom. The highest BCUT2D eigenvalue weighted by Gasteiger charge is 2.23. The Balaban J connectivity index is 3.07. The van der Waals surface area contributed by atoms with Gasteiger partial charge in [-0.2, -0.15) is 0 Å². The lowest BCUT2D eigenvalue weighted by Gasteiger charge is -2.19. The highest BCUT2D eigenvalue weighted by molar-refractivity contribution is 9.10. The van der Waals surface area contributed by atoms with Crippen LogP contribution in [0.5, 0.6) is 28.7 Å². The molecule has 0 spiro atoms. The molecule has 0 bridgehead atoms. The molecule has 114 valence electrons. The van der Waals surface area contributed by atoms with Crippen molar-refractivity contribution in [3.8, 4) is 28.7 Å². The van der Waals surface area contributed by atoms with Crippen LogP contribution >= 0.6 is 15.9 Å². The molecule has 5 nitrogen and oxygen atoms in total. The molecule has 0 aromatic heterocycles. The molecule has 0 saturated carbocycles. The van der Waals surface area contributed by atoms with Gasteiger partial charge in [0.05, 0.1) is 50.8 Å². The zero-order chi connectivity index (χ0) is 15.6. The fraction of sp³-hybridized carbons (Fsp3) is 0.333. The van der Waals surface area contributed by atoms with Gasteiger partial charge in [0.15, 0.2) is 11.5 Å². The quantitative estimate of drug-likeness (QED) is 0.818. The number of hydrogen-bond donors (Lipinski definition) is 0. The number of methoxy groups -OCH3 is 5. The standard InChI is InChI=1S/C15H17BrO5/c1-17-9-6-8(16)14(20-4)13-12(9)10(18-2)7-11(19-3)15(13)21-5/h6-7H,1-5H3. The predicted molar refractivity (Wildman–Crippen MR) is 84.4 cm³/mol. The Hall–Kier alpha value is -1.82. The molecule has 0 aliphatic carbocycles. The number of rotatable bonds is 5. The second kappa shape index (κ2) is 6.30. The van der Waals surface area contributed by atoms with Crippen LogP contribution in [0, 0.1) is 0 Å². The summed E-state index contributed by atoms with van der Waals surface area (Å²) >= 11 is 3.48. The van der Waals surface area contributed by atoms with Gasteiger partial charge in [-0.15, -0.1) is 0 Å². The van der Waals surface area contributed by atoms with E-state index in [4.69, 9.17) is 23.7 Å². The van der Waals surface area contributed by atoms with Gasteiger partial charge in [-0.05, 0) is 22.0 Å². The molecule has 0 aliphatic rings. The van der Waals surface area contributed by atoms with Crippen molar-refractivity contribution in [2.75, 3.05) is 35.5 Å². The summed E-state index contributed by atoms with van der Waals surface area (Å²) in [6.07, 6.45) is 0. The molecule has 0 unspecified atom stereocenters. The minimum absolute atomic E-state index is 0.556. The van der Waals surface area contributed by atoms with E-state index in [1.807, 2.05) is 6.07 Å². The van der Waals surface area contributed by atoms with Crippen molar-refractivity contribution in [1.82, 2.24) is 0 Å². The minimum atomic E-state index is 0.556. The Bertz CT molecular complexity index is 669. The van der Waals surface area contributed by atoms with E-state index in [2.05, 4.69) is 15.9 Å². The Morgan fingerprint density at radius 2 is 1.14 bits per heavy atom. The maximum atomic E-state index is 5.51. The largest absolute Gasteiger partial charge is 0.496 e. The monoisotopic (exact) mass is 356 g/mol. The lowest BCUT2D eigenvalue weighted by atomic mass is 10.1. The molecule has 0 radical (unpaired) electrons. The van der Waals surface area contributed by atoms with Crippen LogP contribution in [0.3, 0.4) is 0 Å². The fourth-order valence-corrected chi connectivity index (χ4v) is 2.89. The van der Waals surface area contributed by atoms with E-state index in [1.54, 1.807) is 41.6 Å². The topological polar surface area (TPSA) is 46.2 Å². The molecule has 2 rings (SSSR count). The van der Waals surface area contributed by atoms with Gasteiger partial charge in [0.25, 0.3) is 0 Å². The molecule has 0 N–H and O–H groups in total. The zero-order valence-corrected chi connectivity index (χ0v) is 14.2. The second-order valence-corrected chi connectivity index (χ2v) is 5.01. The van der Waals surface area contributed by atoms with Gasteiger partial charge in [-0.25, -0.2) is 0 Å². The highest BCUT2D eigenvalue weighted by atomic mass is 79.9. The molecule has 2 aromatic carbocycles. The molecule has 0 aliphatic heterocycles. The molecular formula is C15H17BrO5. The SMILES string of the molecule is COc1cc(OC)c2c(OC)cc(Br)c(OC)c2c1OC. The number of ether oxygens (including phenoxy) is 5. The number of hydrogen-bond acceptors (Lipinski definition) is 5. The van der Waals surface area contributed by atoms with Crippen LogP contribution in [0.25, 0.3) is 10.8 Å². The lowest BCUT2D eigenvalue weighted by Crippen LogP contribution is -1.99. The van der Waals surface area contributed by atoms with Gasteiger partial charge in [0.2, 0.25) is 0 Å². The summed E-state index contributed by atoms with van der Waals surface area (Å²) in [5, 5.41) is 1.49. The van der Waals surface area contributed by atoms with Crippen molar-refractivity contribution in [3.63, 3.8) is 0 Å². The fourth-order valence-electron chi connectivity index (χ4n) is 2.33. The summed E-state index contributed by atoms with van der Waals surface area (Å²) in [6, 6.07) is 3.59. The molecule has 0 saturated heterocycles. The van der Waals surface area contributed by atoms with Gasteiger partial charge < -0.3 is 23.7 Å². The molecule has 6 heteroatoms. The van der Waals surface area contributed by atoms with Crippen molar-refractivity contribution in [2.45, 2.75) is 0 Å². The Kier molecular flexibility index (Phi) is 4.67. The van der Waals surface area contributed by atoms with Gasteiger partial charge in [0, 0.05) is 6.07 Å². The third-order valence-electron chi connectivity index (χ3n) is 3.23. The number of halogens is 1. The molecule has 0 heterocycles. The second-order valence-electron chi connectivity index (χ2n) is 4.16. The Morgan fingerprint density at radius 1 is 0.619 bits per heavy atom. The summed E-state index contributed by atoms with van der Waals surface area (Å²) < 4.78 is 28.1. The molecule has 0 fully saturated rings. The van der Waals surface area contributed by atoms with Crippen LogP contribution in [0.1, 0.15) is 0 Å². The summed E-state index contributed by atoms with van der Waals surface area (Å²) in [4.78, 5) is 0. The molecule has 21 heavy (non-hydrogen) atoms. The van der Waals surface area contributed by atoms with Crippen LogP contribution in [-0.2, 0) is 0 Å². The average molecular weight is 357 g/mol. The number of benzene rings is 2. The first-order chi connectivity index (χ1) is 10.1. The maximum absolute atomic E-state index is 5.51. The first kappa shape index (κ1) is 15.6. The third-order valence-corrected chi connectivity index (χ3v) is 3.81. The smallest absolute Gasteiger partial charge is 0.172 e. The van der Waals surface area contributed by atoms with Crippen molar-refractivity contribution < 1.29 is 23.7 Å². The maximum Gasteiger partial charge on any atom is 0.172 e. The first-order valence-corrected chi connectivity index (χ1v) is 6.95. The Labute approximate surface area is 131 Å². The van der Waals surface area contributed by atoms with Crippen LogP contribution in [-0.4, -0.2) is 35.5 Å². The first-order valence-electron chi connectivity index (χ1n) is 6.16. The van der Waals surface area contributed by atoms with Crippen molar-refractivity contribution in [3.05, 3.63) is 16.6 Å². The van der Waals surface area contributed by atoms with E-state index < -0.39 is 0 Å². The average Bonchev–Trinajstić information content (AvgIpc) is 2.52. The van der Waals surface area contributed by atoms with Gasteiger partial charge in [-0.1, -0.05) is 0 Å². The van der Waals surface area contributed by atoms with E-state index >= 15 is 0 Å². The molecular weight excluding hydrogens is 340 g/mol. The molecule has 0 amide bonds. The summed E-state index contributed by atoms with van der Waals surface area (Å²) in [7, 11) is 7.94. The van der Waals surface area contributed by atoms with Crippen LogP contribution in [0.4, 0.5) is 0 Å². The minimum Gasteiger partial charge on any atom is -0.496 e. The lowest BCUT2D eigenvalue weighted by molar-refractivity contribution is 0.350. The summed E-state index contributed by atoms with van der Waals surface area (Å²) in [5.41, 5.74) is 0. The van der Waals surface area contributed by atoms with E-state index in [0.29, 0.717) is 28.7 Å². The predicted octanol–water partition coefficient (Wildman–Crippen LogP) is 3.65.